The Morgan fingerprint density at radius 1 is 1.31 bits per heavy atom. The minimum atomic E-state index is -0.522. The van der Waals surface area contributed by atoms with E-state index in [1.807, 2.05) is 20.8 Å². The Balaban J connectivity index is 1.59. The lowest BCUT2D eigenvalue weighted by molar-refractivity contribution is -0.384. The fourth-order valence-corrected chi connectivity index (χ4v) is 3.33. The van der Waals surface area contributed by atoms with Gasteiger partial charge >= 0.3 is 6.09 Å². The fraction of sp³-hybridized carbons (Fsp3) is 0.550. The van der Waals surface area contributed by atoms with Crippen LogP contribution < -0.4 is 4.74 Å². The molecule has 0 saturated carbocycles. The van der Waals surface area contributed by atoms with Crippen molar-refractivity contribution in [1.82, 2.24) is 14.9 Å². The van der Waals surface area contributed by atoms with Crippen molar-refractivity contribution in [2.75, 3.05) is 13.2 Å². The summed E-state index contributed by atoms with van der Waals surface area (Å²) in [7, 11) is 0. The number of aromatic nitrogens is 2. The summed E-state index contributed by atoms with van der Waals surface area (Å²) in [5.41, 5.74) is 0.418. The zero-order valence-electron chi connectivity index (χ0n) is 17.0. The number of carbonyl (C=O) groups excluding carboxylic acids is 1. The van der Waals surface area contributed by atoms with Crippen LogP contribution in [0.3, 0.4) is 0 Å². The molecule has 1 fully saturated rings. The summed E-state index contributed by atoms with van der Waals surface area (Å²) in [4.78, 5) is 33.2. The van der Waals surface area contributed by atoms with Gasteiger partial charge in [0, 0.05) is 31.1 Å². The second kappa shape index (κ2) is 8.59. The van der Waals surface area contributed by atoms with Crippen molar-refractivity contribution in [2.24, 2.45) is 0 Å². The Hall–Kier alpha value is -2.97. The number of non-ortho nitro benzene ring substituents is 1. The number of nitro groups is 1. The van der Waals surface area contributed by atoms with Crippen LogP contribution in [0.1, 0.15) is 46.5 Å². The van der Waals surface area contributed by atoms with Gasteiger partial charge in [-0.15, -0.1) is 0 Å². The van der Waals surface area contributed by atoms with Crippen LogP contribution in [0, 0.1) is 10.1 Å². The molecule has 0 N–H and O–H groups in total. The lowest BCUT2D eigenvalue weighted by Crippen LogP contribution is -2.46. The first-order valence-corrected chi connectivity index (χ1v) is 9.76. The molecule has 1 aliphatic heterocycles. The molecule has 1 amide bonds. The molecule has 0 radical (unpaired) electrons. The number of nitrogens with zero attached hydrogens (tertiary/aromatic N) is 4. The highest BCUT2D eigenvalue weighted by molar-refractivity contribution is 5.77. The van der Waals surface area contributed by atoms with Crippen molar-refractivity contribution in [3.05, 3.63) is 34.5 Å². The van der Waals surface area contributed by atoms with Gasteiger partial charge in [0.1, 0.15) is 5.60 Å². The highest BCUT2D eigenvalue weighted by Gasteiger charge is 2.30. The molecular weight excluding hydrogens is 376 g/mol. The fourth-order valence-electron chi connectivity index (χ4n) is 3.33. The van der Waals surface area contributed by atoms with Crippen LogP contribution in [-0.2, 0) is 4.74 Å². The molecule has 1 atom stereocenters. The van der Waals surface area contributed by atoms with Gasteiger partial charge < -0.3 is 14.4 Å². The molecule has 1 saturated heterocycles. The first kappa shape index (κ1) is 20.8. The van der Waals surface area contributed by atoms with Gasteiger partial charge in [0.15, 0.2) is 0 Å². The van der Waals surface area contributed by atoms with E-state index in [2.05, 4.69) is 9.97 Å². The summed E-state index contributed by atoms with van der Waals surface area (Å²) >= 11 is 0. The molecule has 1 aliphatic rings. The normalized spacial score (nSPS) is 17.2. The summed E-state index contributed by atoms with van der Waals surface area (Å²) in [5.74, 6) is 0.353. The maximum absolute atomic E-state index is 12.5. The van der Waals surface area contributed by atoms with Crippen LogP contribution in [0.5, 0.6) is 5.88 Å². The molecule has 0 bridgehead atoms. The molecule has 3 rings (SSSR count). The first-order chi connectivity index (χ1) is 13.7. The number of rotatable bonds is 5. The summed E-state index contributed by atoms with van der Waals surface area (Å²) in [6.07, 6.45) is 4.79. The number of fused-ring (bicyclic) bond motifs is 1. The first-order valence-electron chi connectivity index (χ1n) is 9.76. The summed E-state index contributed by atoms with van der Waals surface area (Å²) in [6, 6.07) is 4.39. The summed E-state index contributed by atoms with van der Waals surface area (Å²) < 4.78 is 11.3. The van der Waals surface area contributed by atoms with Crippen molar-refractivity contribution < 1.29 is 19.2 Å². The highest BCUT2D eigenvalue weighted by atomic mass is 16.6. The Morgan fingerprint density at radius 2 is 2.10 bits per heavy atom. The van der Waals surface area contributed by atoms with Gasteiger partial charge in [-0.25, -0.2) is 14.8 Å². The smallest absolute Gasteiger partial charge is 0.410 e. The Morgan fingerprint density at radius 3 is 2.83 bits per heavy atom. The van der Waals surface area contributed by atoms with Crippen molar-refractivity contribution in [2.45, 2.75) is 58.1 Å². The topological polar surface area (TPSA) is 108 Å². The third kappa shape index (κ3) is 5.52. The number of hydrogen-bond acceptors (Lipinski definition) is 7. The number of benzene rings is 1. The van der Waals surface area contributed by atoms with E-state index in [9.17, 15) is 14.9 Å². The zero-order valence-corrected chi connectivity index (χ0v) is 17.0. The minimum absolute atomic E-state index is 0.0278. The van der Waals surface area contributed by atoms with Crippen LogP contribution >= 0.6 is 0 Å². The zero-order chi connectivity index (χ0) is 21.0. The highest BCUT2D eigenvalue weighted by Crippen LogP contribution is 2.23. The Labute approximate surface area is 169 Å². The summed E-state index contributed by atoms with van der Waals surface area (Å²) in [6.45, 7) is 6.66. The van der Waals surface area contributed by atoms with Crippen molar-refractivity contribution in [3.63, 3.8) is 0 Å². The Bertz CT molecular complexity index is 896. The van der Waals surface area contributed by atoms with Crippen LogP contribution in [0.25, 0.3) is 11.0 Å². The van der Waals surface area contributed by atoms with Gasteiger partial charge in [0.05, 0.1) is 28.8 Å². The van der Waals surface area contributed by atoms with Crippen LogP contribution in [0.2, 0.25) is 0 Å². The second-order valence-electron chi connectivity index (χ2n) is 8.10. The molecule has 29 heavy (non-hydrogen) atoms. The van der Waals surface area contributed by atoms with Gasteiger partial charge in [-0.3, -0.25) is 10.1 Å². The molecule has 156 valence electrons. The number of hydrogen-bond donors (Lipinski definition) is 0. The van der Waals surface area contributed by atoms with Crippen molar-refractivity contribution in [3.8, 4) is 5.88 Å². The van der Waals surface area contributed by atoms with Crippen molar-refractivity contribution >= 4 is 22.8 Å². The molecule has 1 aromatic carbocycles. The minimum Gasteiger partial charge on any atom is -0.476 e. The molecule has 0 aliphatic carbocycles. The molecule has 1 aromatic heterocycles. The molecular formula is C20H26N4O5. The van der Waals surface area contributed by atoms with E-state index in [-0.39, 0.29) is 17.8 Å². The number of piperidine rings is 1. The third-order valence-corrected chi connectivity index (χ3v) is 4.67. The van der Waals surface area contributed by atoms with E-state index in [4.69, 9.17) is 9.47 Å². The van der Waals surface area contributed by atoms with Crippen LogP contribution in [-0.4, -0.2) is 50.7 Å². The lowest BCUT2D eigenvalue weighted by Gasteiger charge is -2.36. The van der Waals surface area contributed by atoms with Gasteiger partial charge in [0.2, 0.25) is 5.88 Å². The van der Waals surface area contributed by atoms with E-state index in [0.717, 1.165) is 19.3 Å². The van der Waals surface area contributed by atoms with E-state index >= 15 is 0 Å². The second-order valence-corrected chi connectivity index (χ2v) is 8.10. The maximum Gasteiger partial charge on any atom is 0.410 e. The lowest BCUT2D eigenvalue weighted by atomic mass is 10.0. The predicted molar refractivity (Wildman–Crippen MR) is 107 cm³/mol. The van der Waals surface area contributed by atoms with Gasteiger partial charge in [-0.2, -0.15) is 0 Å². The average Bonchev–Trinajstić information content (AvgIpc) is 2.66. The summed E-state index contributed by atoms with van der Waals surface area (Å²) in [5, 5.41) is 10.9. The van der Waals surface area contributed by atoms with Gasteiger partial charge in [-0.05, 0) is 46.1 Å². The van der Waals surface area contributed by atoms with Crippen LogP contribution in [0.15, 0.2) is 24.4 Å². The standard InChI is InChI=1S/C20H26N4O5/c1-20(2,3)29-19(25)23-10-5-4-6-14(23)9-11-28-18-13-21-17-12-15(24(26)27)7-8-16(17)22-18/h7-8,12-14H,4-6,9-11H2,1-3H3/t14-/m0/s1. The molecule has 0 spiro atoms. The number of carbonyl (C=O) groups is 1. The number of nitro benzene ring substituents is 1. The third-order valence-electron chi connectivity index (χ3n) is 4.67. The maximum atomic E-state index is 12.5. The van der Waals surface area contributed by atoms with Gasteiger partial charge in [0.25, 0.3) is 5.69 Å². The molecule has 2 heterocycles. The molecule has 0 unspecified atom stereocenters. The monoisotopic (exact) mass is 402 g/mol. The molecule has 9 heteroatoms. The quantitative estimate of drug-likeness (QED) is 0.547. The van der Waals surface area contributed by atoms with E-state index in [1.165, 1.54) is 18.3 Å². The van der Waals surface area contributed by atoms with E-state index in [1.54, 1.807) is 11.0 Å². The van der Waals surface area contributed by atoms with Crippen molar-refractivity contribution in [1.29, 1.82) is 0 Å². The van der Waals surface area contributed by atoms with E-state index < -0.39 is 10.5 Å². The van der Waals surface area contributed by atoms with Gasteiger partial charge in [-0.1, -0.05) is 0 Å². The molecule has 2 aromatic rings. The van der Waals surface area contributed by atoms with Crippen LogP contribution in [0.4, 0.5) is 10.5 Å². The Kier molecular flexibility index (Phi) is 6.14. The average molecular weight is 402 g/mol. The van der Waals surface area contributed by atoms with E-state index in [0.29, 0.717) is 36.5 Å². The predicted octanol–water partition coefficient (Wildman–Crippen LogP) is 4.10. The number of likely N-dealkylation sites (tertiary alicyclic amines) is 1. The molecule has 9 nitrogen and oxygen atoms in total. The SMILES string of the molecule is CC(C)(C)OC(=O)N1CCCC[C@H]1CCOc1cnc2cc([N+](=O)[O-])ccc2n1. The largest absolute Gasteiger partial charge is 0.476 e. The number of amides is 1. The number of ether oxygens (including phenoxy) is 2.